The number of ether oxygens (including phenoxy) is 1. The first kappa shape index (κ1) is 17.8. The first-order chi connectivity index (χ1) is 12.6. The normalized spacial score (nSPS) is 11.7. The molecule has 3 aromatic carbocycles. The van der Waals surface area contributed by atoms with Gasteiger partial charge in [0.15, 0.2) is 6.61 Å². The second-order valence-electron chi connectivity index (χ2n) is 5.60. The maximum absolute atomic E-state index is 12.2. The van der Waals surface area contributed by atoms with Crippen molar-refractivity contribution in [3.05, 3.63) is 72.3 Å². The topological polar surface area (TPSA) is 72.5 Å². The van der Waals surface area contributed by atoms with Crippen LogP contribution in [0.3, 0.4) is 0 Å². The summed E-state index contributed by atoms with van der Waals surface area (Å²) in [4.78, 5) is 24.7. The van der Waals surface area contributed by atoms with Gasteiger partial charge in [-0.3, -0.25) is 9.00 Å². The number of hydrogen-bond donors (Lipinski definition) is 1. The molecule has 0 bridgehead atoms. The van der Waals surface area contributed by atoms with E-state index in [-0.39, 0.29) is 5.56 Å². The summed E-state index contributed by atoms with van der Waals surface area (Å²) in [5, 5.41) is 4.66. The molecule has 0 fully saturated rings. The van der Waals surface area contributed by atoms with Gasteiger partial charge in [0, 0.05) is 17.3 Å². The van der Waals surface area contributed by atoms with Crippen molar-refractivity contribution in [3.8, 4) is 0 Å². The molecule has 132 valence electrons. The summed E-state index contributed by atoms with van der Waals surface area (Å²) in [5.74, 6) is -1.12. The van der Waals surface area contributed by atoms with E-state index < -0.39 is 29.3 Å². The molecule has 1 amide bonds. The zero-order chi connectivity index (χ0) is 18.5. The average Bonchev–Trinajstić information content (AvgIpc) is 2.66. The maximum atomic E-state index is 12.2. The van der Waals surface area contributed by atoms with Crippen LogP contribution in [0.15, 0.2) is 71.6 Å². The van der Waals surface area contributed by atoms with Crippen LogP contribution in [0.1, 0.15) is 10.4 Å². The number of nitrogens with one attached hydrogen (secondary N) is 1. The van der Waals surface area contributed by atoms with Crippen molar-refractivity contribution < 1.29 is 18.5 Å². The summed E-state index contributed by atoms with van der Waals surface area (Å²) in [6, 6.07) is 19.7. The minimum absolute atomic E-state index is 0.200. The molecule has 26 heavy (non-hydrogen) atoms. The van der Waals surface area contributed by atoms with Crippen molar-refractivity contribution in [2.45, 2.75) is 4.90 Å². The molecule has 3 rings (SSSR count). The highest BCUT2D eigenvalue weighted by Gasteiger charge is 2.16. The van der Waals surface area contributed by atoms with Crippen LogP contribution in [-0.4, -0.2) is 28.9 Å². The molecule has 0 unspecified atom stereocenters. The average molecular weight is 367 g/mol. The predicted molar refractivity (Wildman–Crippen MR) is 102 cm³/mol. The number of amides is 1. The Morgan fingerprint density at radius 1 is 0.962 bits per heavy atom. The fourth-order valence-electron chi connectivity index (χ4n) is 2.62. The van der Waals surface area contributed by atoms with Gasteiger partial charge in [-0.2, -0.15) is 0 Å². The number of hydrogen-bond acceptors (Lipinski definition) is 4. The lowest BCUT2D eigenvalue weighted by molar-refractivity contribution is -0.119. The molecule has 1 N–H and O–H groups in total. The summed E-state index contributed by atoms with van der Waals surface area (Å²) in [7, 11) is -1.32. The highest BCUT2D eigenvalue weighted by atomic mass is 32.2. The molecule has 0 aliphatic heterocycles. The Balaban J connectivity index is 1.68. The van der Waals surface area contributed by atoms with Crippen molar-refractivity contribution in [1.82, 2.24) is 0 Å². The fraction of sp³-hybridized carbons (Fsp3) is 0.100. The maximum Gasteiger partial charge on any atom is 0.339 e. The molecule has 3 aromatic rings. The van der Waals surface area contributed by atoms with Crippen molar-refractivity contribution in [1.29, 1.82) is 0 Å². The second-order valence-corrected chi connectivity index (χ2v) is 6.95. The summed E-state index contributed by atoms with van der Waals surface area (Å²) < 4.78 is 16.8. The number of fused-ring (bicyclic) bond motifs is 1. The Kier molecular flexibility index (Phi) is 5.43. The molecule has 0 saturated carbocycles. The van der Waals surface area contributed by atoms with Gasteiger partial charge in [-0.05, 0) is 23.6 Å². The van der Waals surface area contributed by atoms with Crippen molar-refractivity contribution in [3.63, 3.8) is 0 Å². The first-order valence-corrected chi connectivity index (χ1v) is 9.49. The molecule has 1 atom stereocenters. The molecule has 0 aliphatic rings. The number of anilines is 1. The highest BCUT2D eigenvalue weighted by molar-refractivity contribution is 7.84. The van der Waals surface area contributed by atoms with E-state index in [2.05, 4.69) is 5.32 Å². The van der Waals surface area contributed by atoms with Crippen molar-refractivity contribution >= 4 is 39.1 Å². The third-order valence-corrected chi connectivity index (χ3v) is 4.79. The monoisotopic (exact) mass is 367 g/mol. The van der Waals surface area contributed by atoms with Gasteiger partial charge in [-0.1, -0.05) is 48.5 Å². The molecule has 0 heterocycles. The van der Waals surface area contributed by atoms with Gasteiger partial charge in [0.05, 0.1) is 21.3 Å². The van der Waals surface area contributed by atoms with Gasteiger partial charge in [-0.25, -0.2) is 4.79 Å². The number of carbonyl (C=O) groups is 2. The second kappa shape index (κ2) is 7.93. The molecule has 5 nitrogen and oxygen atoms in total. The summed E-state index contributed by atoms with van der Waals surface area (Å²) >= 11 is 0. The number of rotatable bonds is 5. The van der Waals surface area contributed by atoms with Gasteiger partial charge in [0.2, 0.25) is 0 Å². The molecule has 0 aromatic heterocycles. The van der Waals surface area contributed by atoms with E-state index in [1.165, 1.54) is 12.3 Å². The quantitative estimate of drug-likeness (QED) is 0.702. The minimum atomic E-state index is -1.32. The molecule has 0 aliphatic carbocycles. The Morgan fingerprint density at radius 3 is 2.46 bits per heavy atom. The van der Waals surface area contributed by atoms with Gasteiger partial charge in [0.1, 0.15) is 0 Å². The summed E-state index contributed by atoms with van der Waals surface area (Å²) in [6.45, 7) is -0.424. The van der Waals surface area contributed by atoms with E-state index in [9.17, 15) is 13.8 Å². The van der Waals surface area contributed by atoms with Gasteiger partial charge in [0.25, 0.3) is 5.91 Å². The van der Waals surface area contributed by atoms with Gasteiger partial charge >= 0.3 is 5.97 Å². The van der Waals surface area contributed by atoms with Crippen LogP contribution in [0, 0.1) is 0 Å². The van der Waals surface area contributed by atoms with E-state index in [4.69, 9.17) is 4.74 Å². The van der Waals surface area contributed by atoms with Crippen LogP contribution in [-0.2, 0) is 20.3 Å². The zero-order valence-electron chi connectivity index (χ0n) is 14.1. The Hall–Kier alpha value is -2.99. The number of carbonyl (C=O) groups excluding carboxylic acids is 2. The molecule has 0 radical (unpaired) electrons. The first-order valence-electron chi connectivity index (χ1n) is 7.93. The highest BCUT2D eigenvalue weighted by Crippen LogP contribution is 2.22. The zero-order valence-corrected chi connectivity index (χ0v) is 14.9. The fourth-order valence-corrected chi connectivity index (χ4v) is 3.35. The third kappa shape index (κ3) is 3.97. The molecular formula is C20H17NO4S. The van der Waals surface area contributed by atoms with Crippen LogP contribution in [0.2, 0.25) is 0 Å². The Morgan fingerprint density at radius 2 is 1.65 bits per heavy atom. The standard InChI is InChI=1S/C20H17NO4S/c1-26(24)18-12-5-4-10-16(18)20(23)25-13-19(22)21-17-11-6-8-14-7-2-3-9-15(14)17/h2-12H,13H2,1H3,(H,21,22)/t26-/m0/s1. The van der Waals surface area contributed by atoms with Crippen LogP contribution in [0.5, 0.6) is 0 Å². The molecule has 6 heteroatoms. The Bertz CT molecular complexity index is 995. The molecule has 0 saturated heterocycles. The SMILES string of the molecule is C[S@](=O)c1ccccc1C(=O)OCC(=O)Nc1cccc2ccccc12. The Labute approximate surface area is 153 Å². The van der Waals surface area contributed by atoms with Gasteiger partial charge in [-0.15, -0.1) is 0 Å². The number of esters is 1. The smallest absolute Gasteiger partial charge is 0.339 e. The summed E-state index contributed by atoms with van der Waals surface area (Å²) in [6.07, 6.45) is 1.49. The predicted octanol–water partition coefficient (Wildman–Crippen LogP) is 3.37. The van der Waals surface area contributed by atoms with Crippen molar-refractivity contribution in [2.24, 2.45) is 0 Å². The third-order valence-electron chi connectivity index (χ3n) is 3.81. The lowest BCUT2D eigenvalue weighted by Gasteiger charge is -2.10. The van der Waals surface area contributed by atoms with Crippen LogP contribution in [0.25, 0.3) is 10.8 Å². The van der Waals surface area contributed by atoms with Crippen LogP contribution >= 0.6 is 0 Å². The van der Waals surface area contributed by atoms with Crippen LogP contribution < -0.4 is 5.32 Å². The summed E-state index contributed by atoms with van der Waals surface area (Å²) in [5.41, 5.74) is 0.852. The van der Waals surface area contributed by atoms with Crippen molar-refractivity contribution in [2.75, 3.05) is 18.2 Å². The van der Waals surface area contributed by atoms with Crippen LogP contribution in [0.4, 0.5) is 5.69 Å². The van der Waals surface area contributed by atoms with E-state index in [0.717, 1.165) is 10.8 Å². The largest absolute Gasteiger partial charge is 0.452 e. The van der Waals surface area contributed by atoms with E-state index >= 15 is 0 Å². The minimum Gasteiger partial charge on any atom is -0.452 e. The lowest BCUT2D eigenvalue weighted by atomic mass is 10.1. The molecular weight excluding hydrogens is 350 g/mol. The number of benzene rings is 3. The van der Waals surface area contributed by atoms with E-state index in [0.29, 0.717) is 10.6 Å². The lowest BCUT2D eigenvalue weighted by Crippen LogP contribution is -2.21. The van der Waals surface area contributed by atoms with E-state index in [1.54, 1.807) is 24.3 Å². The van der Waals surface area contributed by atoms with Gasteiger partial charge < -0.3 is 10.1 Å². The van der Waals surface area contributed by atoms with E-state index in [1.807, 2.05) is 36.4 Å². The molecule has 0 spiro atoms.